The van der Waals surface area contributed by atoms with Gasteiger partial charge in [0.05, 0.1) is 5.97 Å². The third-order valence-electron chi connectivity index (χ3n) is 1.25. The monoisotopic (exact) mass is 366 g/mol. The number of hydrogen-bond donors (Lipinski definition) is 1. The predicted molar refractivity (Wildman–Crippen MR) is 35.1 cm³/mol. The molecule has 0 heterocycles. The largest absolute Gasteiger partial charge is 0.550 e. The first-order chi connectivity index (χ1) is 5.78. The number of halogens is 1. The van der Waals surface area contributed by atoms with Crippen molar-refractivity contribution in [2.75, 3.05) is 0 Å². The van der Waals surface area contributed by atoms with Gasteiger partial charge >= 0.3 is 0 Å². The predicted octanol–water partition coefficient (Wildman–Crippen LogP) is -4.56. The van der Waals surface area contributed by atoms with Gasteiger partial charge in [-0.15, -0.1) is 0 Å². The molecule has 0 amide bonds. The molecule has 0 atom stereocenters. The summed E-state index contributed by atoms with van der Waals surface area (Å²) in [5, 5.41) is 38.9. The van der Waals surface area contributed by atoms with E-state index >= 15 is 0 Å². The number of aliphatic carboxylic acids is 3. The summed E-state index contributed by atoms with van der Waals surface area (Å²) in [5.74, 6) is -5.98. The second-order valence-electron chi connectivity index (χ2n) is 2.42. The SMILES string of the molecule is O=C([O-])CC(O)(CC(=O)[O-])C(=O)[O-].[Cl].[Nd]. The van der Waals surface area contributed by atoms with Gasteiger partial charge in [-0.25, -0.2) is 0 Å². The van der Waals surface area contributed by atoms with Crippen molar-refractivity contribution in [2.45, 2.75) is 18.4 Å². The Morgan fingerprint density at radius 2 is 1.27 bits per heavy atom. The molecule has 0 aliphatic carbocycles. The summed E-state index contributed by atoms with van der Waals surface area (Å²) >= 11 is 0. The van der Waals surface area contributed by atoms with Gasteiger partial charge in [-0.3, -0.25) is 0 Å². The van der Waals surface area contributed by atoms with Crippen LogP contribution in [-0.4, -0.2) is 28.6 Å². The van der Waals surface area contributed by atoms with Crippen molar-refractivity contribution >= 4 is 30.3 Å². The van der Waals surface area contributed by atoms with E-state index < -0.39 is 36.4 Å². The molecule has 0 unspecified atom stereocenters. The zero-order valence-electron chi connectivity index (χ0n) is 7.19. The van der Waals surface area contributed by atoms with E-state index in [1.165, 1.54) is 0 Å². The molecular weight excluding hydrogens is 364 g/mol. The minimum atomic E-state index is -2.97. The van der Waals surface area contributed by atoms with Crippen LogP contribution in [0.15, 0.2) is 0 Å². The summed E-state index contributed by atoms with van der Waals surface area (Å²) < 4.78 is 0. The van der Waals surface area contributed by atoms with Crippen molar-refractivity contribution < 1.29 is 75.6 Å². The molecule has 0 aliphatic rings. The van der Waals surface area contributed by atoms with Gasteiger partial charge in [0.15, 0.2) is 0 Å². The van der Waals surface area contributed by atoms with Crippen LogP contribution in [0.3, 0.4) is 0 Å². The van der Waals surface area contributed by atoms with Gasteiger partial charge < -0.3 is 34.8 Å². The second-order valence-corrected chi connectivity index (χ2v) is 2.42. The molecule has 0 fully saturated rings. The van der Waals surface area contributed by atoms with Crippen LogP contribution < -0.4 is 15.3 Å². The van der Waals surface area contributed by atoms with Crippen molar-refractivity contribution in [2.24, 2.45) is 0 Å². The van der Waals surface area contributed by atoms with Gasteiger partial charge in [-0.05, 0) is 0 Å². The van der Waals surface area contributed by atoms with Gasteiger partial charge in [0.2, 0.25) is 0 Å². The van der Waals surface area contributed by atoms with Gasteiger partial charge in [-0.1, -0.05) is 0 Å². The fourth-order valence-corrected chi connectivity index (χ4v) is 0.684. The normalized spacial score (nSPS) is 9.40. The van der Waals surface area contributed by atoms with E-state index in [0.29, 0.717) is 0 Å². The maximum Gasteiger partial charge on any atom is 0.114 e. The first-order valence-corrected chi connectivity index (χ1v) is 3.11. The number of hydrogen-bond acceptors (Lipinski definition) is 7. The quantitative estimate of drug-likeness (QED) is 0.515. The summed E-state index contributed by atoms with van der Waals surface area (Å²) in [6.07, 6.45) is -2.72. The Hall–Kier alpha value is 0.0106. The smallest absolute Gasteiger partial charge is 0.114 e. The Morgan fingerprint density at radius 3 is 1.40 bits per heavy atom. The van der Waals surface area contributed by atoms with E-state index in [0.717, 1.165) is 0 Å². The average Bonchev–Trinajstić information content (AvgIpc) is 1.82. The summed E-state index contributed by atoms with van der Waals surface area (Å²) in [4.78, 5) is 30.0. The van der Waals surface area contributed by atoms with E-state index in [2.05, 4.69) is 0 Å². The van der Waals surface area contributed by atoms with E-state index in [-0.39, 0.29) is 53.2 Å². The average molecular weight is 369 g/mol. The molecule has 0 aromatic heterocycles. The van der Waals surface area contributed by atoms with Crippen molar-refractivity contribution in [3.63, 3.8) is 0 Å². The molecule has 0 saturated heterocycles. The molecule has 15 heavy (non-hydrogen) atoms. The van der Waals surface area contributed by atoms with Crippen LogP contribution in [0.25, 0.3) is 0 Å². The van der Waals surface area contributed by atoms with E-state index in [4.69, 9.17) is 5.11 Å². The second kappa shape index (κ2) is 8.20. The minimum Gasteiger partial charge on any atom is -0.550 e. The number of carbonyl (C=O) groups is 3. The molecule has 9 heteroatoms. The van der Waals surface area contributed by atoms with Crippen LogP contribution in [-0.2, 0) is 14.4 Å². The summed E-state index contributed by atoms with van der Waals surface area (Å²) in [6, 6.07) is 0. The van der Waals surface area contributed by atoms with Crippen molar-refractivity contribution in [3.05, 3.63) is 0 Å². The van der Waals surface area contributed by atoms with Crippen LogP contribution in [0, 0.1) is 40.8 Å². The van der Waals surface area contributed by atoms with Crippen molar-refractivity contribution in [3.8, 4) is 0 Å². The molecule has 0 spiro atoms. The molecule has 0 rings (SSSR count). The Labute approximate surface area is 123 Å². The molecule has 1 N–H and O–H groups in total. The van der Waals surface area contributed by atoms with Gasteiger partial charge in [0, 0.05) is 78.0 Å². The Morgan fingerprint density at radius 1 is 1.00 bits per heavy atom. The maximum absolute atomic E-state index is 10.1. The molecule has 7 nitrogen and oxygen atoms in total. The van der Waals surface area contributed by atoms with Crippen LogP contribution in [0.2, 0.25) is 0 Å². The van der Waals surface area contributed by atoms with E-state index in [1.807, 2.05) is 0 Å². The van der Waals surface area contributed by atoms with Crippen molar-refractivity contribution in [1.29, 1.82) is 0 Å². The number of carboxylic acids is 3. The maximum atomic E-state index is 10.1. The fraction of sp³-hybridized carbons (Fsp3) is 0.500. The topological polar surface area (TPSA) is 141 Å². The molecule has 85 valence electrons. The molecule has 0 aromatic carbocycles. The zero-order valence-corrected chi connectivity index (χ0v) is 11.2. The molecule has 0 saturated carbocycles. The van der Waals surface area contributed by atoms with Gasteiger partial charge in [0.25, 0.3) is 0 Å². The molecule has 0 aliphatic heterocycles. The number of rotatable bonds is 5. The fourth-order valence-electron chi connectivity index (χ4n) is 0.684. The molecule has 0 bridgehead atoms. The van der Waals surface area contributed by atoms with Crippen LogP contribution in [0.4, 0.5) is 0 Å². The van der Waals surface area contributed by atoms with Crippen LogP contribution in [0.1, 0.15) is 12.8 Å². The summed E-state index contributed by atoms with van der Waals surface area (Å²) in [6.45, 7) is 0. The number of carbonyl (C=O) groups excluding carboxylic acids is 3. The van der Waals surface area contributed by atoms with Crippen LogP contribution >= 0.6 is 12.4 Å². The van der Waals surface area contributed by atoms with E-state index in [9.17, 15) is 29.7 Å². The first kappa shape index (κ1) is 20.4. The number of carboxylic acid groups (broad SMARTS) is 3. The molecule has 1 radical (unpaired) electrons. The molecule has 0 aromatic rings. The summed E-state index contributed by atoms with van der Waals surface area (Å²) in [5.41, 5.74) is -2.97. The van der Waals surface area contributed by atoms with Gasteiger partial charge in [0.1, 0.15) is 5.60 Å². The van der Waals surface area contributed by atoms with Crippen LogP contribution in [0.5, 0.6) is 0 Å². The zero-order chi connectivity index (χ0) is 10.6. The van der Waals surface area contributed by atoms with E-state index in [1.54, 1.807) is 0 Å². The Bertz CT molecular complexity index is 238. The molecular formula is C6H5ClNdO7-3. The Balaban J connectivity index is -0.000000720. The van der Waals surface area contributed by atoms with Crippen molar-refractivity contribution in [1.82, 2.24) is 0 Å². The Kier molecular flexibility index (Phi) is 11.2. The minimum absolute atomic E-state index is 0. The first-order valence-electron chi connectivity index (χ1n) is 3.11. The van der Waals surface area contributed by atoms with Gasteiger partial charge in [-0.2, -0.15) is 0 Å². The standard InChI is InChI=1S/C6H8O7.Cl.Nd/c7-3(8)1-6(13,5(11)12)2-4(9)10;;/h13H,1-2H2,(H,7,8)(H,9,10)(H,11,12);;/p-3. The number of aliphatic hydroxyl groups is 1. The summed E-state index contributed by atoms with van der Waals surface area (Å²) in [7, 11) is 0. The third-order valence-corrected chi connectivity index (χ3v) is 1.25. The third kappa shape index (κ3) is 7.88.